The fraction of sp³-hybridized carbons (Fsp3) is 0.400. The summed E-state index contributed by atoms with van der Waals surface area (Å²) in [5, 5.41) is 6.22. The highest BCUT2D eigenvalue weighted by atomic mass is 33.1. The third kappa shape index (κ3) is 7.05. The molecule has 5 aliphatic rings. The SMILES string of the molecule is O=C1c2ccc3c4ccc5c6c7ccc(c8ccc(c2c38)C(=O)N1CCOCCOCCOCCSSCCOCCOCCOCCN(C5=O)C7=O)c64. The summed E-state index contributed by atoms with van der Waals surface area (Å²) in [6.07, 6.45) is 0. The highest BCUT2D eigenvalue weighted by Gasteiger charge is 2.36. The van der Waals surface area contributed by atoms with Gasteiger partial charge in [0.05, 0.1) is 92.4 Å². The van der Waals surface area contributed by atoms with Crippen LogP contribution in [0.25, 0.3) is 43.1 Å². The molecule has 5 heterocycles. The van der Waals surface area contributed by atoms with Gasteiger partial charge in [0, 0.05) is 44.5 Å². The van der Waals surface area contributed by atoms with Crippen molar-refractivity contribution in [1.82, 2.24) is 9.80 Å². The number of nitrogens with zero attached hydrogens (tertiary/aromatic N) is 2. The molecule has 5 aromatic carbocycles. The van der Waals surface area contributed by atoms with Crippen LogP contribution < -0.4 is 0 Å². The van der Waals surface area contributed by atoms with Gasteiger partial charge in [0.25, 0.3) is 23.6 Å². The standard InChI is InChI=1S/C40H40N2O10S2/c43-37-29-5-1-25-26-2-6-31-36-32-8-4-28(34(26)36)27-3-7-30(35(29)33(25)27)38(44)41(37)9-11-47-13-15-49-17-19-51-21-23-53-54-24-22-52-20-18-50-16-14-48-12-10-42(39(31)45)40(32)46/h1-8H,9-24H2. The predicted octanol–water partition coefficient (Wildman–Crippen LogP) is 5.42. The number of fused-ring (bicyclic) bond motifs is 3. The van der Waals surface area contributed by atoms with Gasteiger partial charge in [0.2, 0.25) is 0 Å². The summed E-state index contributed by atoms with van der Waals surface area (Å²) in [6.45, 7) is 5.13. The average molecular weight is 773 g/mol. The zero-order valence-electron chi connectivity index (χ0n) is 29.7. The van der Waals surface area contributed by atoms with E-state index >= 15 is 0 Å². The molecule has 14 heteroatoms. The van der Waals surface area contributed by atoms with E-state index in [9.17, 15) is 19.2 Å². The Morgan fingerprint density at radius 2 is 0.630 bits per heavy atom. The molecular weight excluding hydrogens is 733 g/mol. The fourth-order valence-corrected chi connectivity index (χ4v) is 9.20. The van der Waals surface area contributed by atoms with Gasteiger partial charge in [-0.05, 0) is 56.6 Å². The van der Waals surface area contributed by atoms with Crippen molar-refractivity contribution in [2.75, 3.05) is 104 Å². The van der Waals surface area contributed by atoms with Crippen LogP contribution in [0.15, 0.2) is 48.5 Å². The lowest BCUT2D eigenvalue weighted by molar-refractivity contribution is 0.0130. The average Bonchev–Trinajstić information content (AvgIpc) is 3.18. The normalized spacial score (nSPS) is 20.0. The molecule has 0 N–H and O–H groups in total. The third-order valence-corrected chi connectivity index (χ3v) is 12.2. The molecule has 54 heavy (non-hydrogen) atoms. The summed E-state index contributed by atoms with van der Waals surface area (Å²) in [6, 6.07) is 14.7. The van der Waals surface area contributed by atoms with Crippen LogP contribution in [0.5, 0.6) is 0 Å². The minimum atomic E-state index is -0.370. The molecule has 12 nitrogen and oxygen atoms in total. The fourth-order valence-electron chi connectivity index (χ4n) is 7.47. The molecule has 5 aliphatic heterocycles. The molecule has 10 rings (SSSR count). The number of carbonyl (C=O) groups excluding carboxylic acids is 4. The molecule has 0 aromatic heterocycles. The van der Waals surface area contributed by atoms with Crippen molar-refractivity contribution in [1.29, 1.82) is 0 Å². The van der Waals surface area contributed by atoms with Crippen LogP contribution in [0.4, 0.5) is 0 Å². The van der Waals surface area contributed by atoms with Crippen LogP contribution in [0.3, 0.4) is 0 Å². The van der Waals surface area contributed by atoms with Gasteiger partial charge in [-0.2, -0.15) is 0 Å². The second-order valence-corrected chi connectivity index (χ2v) is 15.7. The summed E-state index contributed by atoms with van der Waals surface area (Å²) in [4.78, 5) is 57.8. The third-order valence-electron chi connectivity index (χ3n) is 9.92. The number of rotatable bonds is 0. The van der Waals surface area contributed by atoms with E-state index in [4.69, 9.17) is 28.4 Å². The second-order valence-electron chi connectivity index (χ2n) is 13.0. The maximum Gasteiger partial charge on any atom is 0.261 e. The lowest BCUT2D eigenvalue weighted by Crippen LogP contribution is -2.42. The molecule has 12 bridgehead atoms. The molecule has 282 valence electrons. The molecule has 0 spiro atoms. The Morgan fingerprint density at radius 1 is 0.352 bits per heavy atom. The summed E-state index contributed by atoms with van der Waals surface area (Å²) in [5.41, 5.74) is 1.80. The van der Waals surface area contributed by atoms with Gasteiger partial charge < -0.3 is 28.4 Å². The number of carbonyl (C=O) groups is 4. The molecule has 0 fully saturated rings. The summed E-state index contributed by atoms with van der Waals surface area (Å²) in [7, 11) is 3.47. The van der Waals surface area contributed by atoms with E-state index in [0.29, 0.717) is 99.1 Å². The number of imide groups is 2. The Kier molecular flexibility index (Phi) is 11.6. The summed E-state index contributed by atoms with van der Waals surface area (Å²) in [5.74, 6) is 0.236. The highest BCUT2D eigenvalue weighted by Crippen LogP contribution is 2.46. The van der Waals surface area contributed by atoms with Crippen LogP contribution in [0.2, 0.25) is 0 Å². The molecule has 0 saturated carbocycles. The molecule has 0 unspecified atom stereocenters. The van der Waals surface area contributed by atoms with E-state index in [2.05, 4.69) is 0 Å². The smallest absolute Gasteiger partial charge is 0.261 e. The van der Waals surface area contributed by atoms with Crippen LogP contribution in [0.1, 0.15) is 41.4 Å². The van der Waals surface area contributed by atoms with Gasteiger partial charge in [-0.3, -0.25) is 29.0 Å². The Labute approximate surface area is 319 Å². The molecule has 0 atom stereocenters. The van der Waals surface area contributed by atoms with E-state index in [0.717, 1.165) is 43.8 Å². The minimum absolute atomic E-state index is 0.111. The minimum Gasteiger partial charge on any atom is -0.378 e. The van der Waals surface area contributed by atoms with E-state index in [1.807, 2.05) is 24.3 Å². The van der Waals surface area contributed by atoms with E-state index in [1.54, 1.807) is 45.9 Å². The number of ether oxygens (including phenoxy) is 6. The Balaban J connectivity index is 1.05. The van der Waals surface area contributed by atoms with Gasteiger partial charge >= 0.3 is 0 Å². The van der Waals surface area contributed by atoms with Crippen molar-refractivity contribution in [3.8, 4) is 0 Å². The maximum absolute atomic E-state index is 13.8. The van der Waals surface area contributed by atoms with Gasteiger partial charge in [0.1, 0.15) is 0 Å². The Bertz CT molecular complexity index is 1950. The van der Waals surface area contributed by atoms with Crippen LogP contribution >= 0.6 is 21.6 Å². The van der Waals surface area contributed by atoms with Gasteiger partial charge in [-0.15, -0.1) is 0 Å². The molecule has 0 aliphatic carbocycles. The largest absolute Gasteiger partial charge is 0.378 e. The summed E-state index contributed by atoms with van der Waals surface area (Å²) >= 11 is 0. The van der Waals surface area contributed by atoms with Gasteiger partial charge in [-0.25, -0.2) is 0 Å². The zero-order valence-corrected chi connectivity index (χ0v) is 31.4. The van der Waals surface area contributed by atoms with E-state index in [1.165, 1.54) is 9.80 Å². The van der Waals surface area contributed by atoms with Gasteiger partial charge in [0.15, 0.2) is 0 Å². The van der Waals surface area contributed by atoms with E-state index < -0.39 is 0 Å². The van der Waals surface area contributed by atoms with Crippen molar-refractivity contribution in [3.05, 3.63) is 70.8 Å². The lowest BCUT2D eigenvalue weighted by Gasteiger charge is -2.30. The Morgan fingerprint density at radius 3 is 0.944 bits per heavy atom. The van der Waals surface area contributed by atoms with E-state index in [-0.39, 0.29) is 49.9 Å². The first-order chi connectivity index (χ1) is 26.6. The van der Waals surface area contributed by atoms with Crippen LogP contribution in [-0.4, -0.2) is 137 Å². The molecule has 5 aromatic rings. The lowest BCUT2D eigenvalue weighted by atomic mass is 9.82. The first kappa shape index (κ1) is 37.1. The Hall–Kier alpha value is -3.86. The maximum atomic E-state index is 13.8. The predicted molar refractivity (Wildman–Crippen MR) is 208 cm³/mol. The van der Waals surface area contributed by atoms with Crippen LogP contribution in [0, 0.1) is 0 Å². The summed E-state index contributed by atoms with van der Waals surface area (Å²) < 4.78 is 34.0. The van der Waals surface area contributed by atoms with Crippen molar-refractivity contribution < 1.29 is 47.6 Å². The molecular formula is C40H40N2O10S2. The molecule has 0 saturated heterocycles. The van der Waals surface area contributed by atoms with Crippen molar-refractivity contribution >= 4 is 88.3 Å². The first-order valence-corrected chi connectivity index (χ1v) is 20.7. The number of hydrogen-bond acceptors (Lipinski definition) is 12. The zero-order chi connectivity index (χ0) is 37.0. The second kappa shape index (κ2) is 16.9. The topological polar surface area (TPSA) is 130 Å². The molecule has 0 radical (unpaired) electrons. The molecule has 4 amide bonds. The first-order valence-electron chi connectivity index (χ1n) is 18.2. The van der Waals surface area contributed by atoms with Gasteiger partial charge in [-0.1, -0.05) is 45.9 Å². The number of benzene rings is 5. The van der Waals surface area contributed by atoms with Crippen LogP contribution in [-0.2, 0) is 28.4 Å². The number of amides is 4. The quantitative estimate of drug-likeness (QED) is 0.0863. The van der Waals surface area contributed by atoms with Crippen molar-refractivity contribution in [2.45, 2.75) is 0 Å². The number of hydrogen-bond donors (Lipinski definition) is 0. The van der Waals surface area contributed by atoms with Crippen molar-refractivity contribution in [3.63, 3.8) is 0 Å². The highest BCUT2D eigenvalue weighted by molar-refractivity contribution is 8.76. The monoisotopic (exact) mass is 772 g/mol. The van der Waals surface area contributed by atoms with Crippen molar-refractivity contribution in [2.24, 2.45) is 0 Å².